The van der Waals surface area contributed by atoms with Crippen LogP contribution in [0.5, 0.6) is 0 Å². The first-order valence-corrected chi connectivity index (χ1v) is 7.66. The fourth-order valence-electron chi connectivity index (χ4n) is 2.99. The number of nitrogens with zero attached hydrogens (tertiary/aromatic N) is 1. The Hall–Kier alpha value is -3.40. The molecule has 2 aromatic carbocycles. The SMILES string of the molecule is NC(=O)/C(=C\c1c[nH]c2ncccc12)c1cccc2ccccc12. The van der Waals surface area contributed by atoms with Gasteiger partial charge >= 0.3 is 0 Å². The summed E-state index contributed by atoms with van der Waals surface area (Å²) in [6.45, 7) is 0. The zero-order valence-corrected chi connectivity index (χ0v) is 12.9. The van der Waals surface area contributed by atoms with Crippen LogP contribution in [-0.4, -0.2) is 15.9 Å². The number of carbonyl (C=O) groups is 1. The van der Waals surface area contributed by atoms with Crippen LogP contribution in [0.4, 0.5) is 0 Å². The molecule has 4 nitrogen and oxygen atoms in total. The summed E-state index contributed by atoms with van der Waals surface area (Å²) in [6, 6.07) is 17.7. The Balaban J connectivity index is 1.96. The van der Waals surface area contributed by atoms with Gasteiger partial charge in [-0.1, -0.05) is 42.5 Å². The third kappa shape index (κ3) is 2.34. The zero-order chi connectivity index (χ0) is 16.5. The molecule has 0 aliphatic heterocycles. The number of benzene rings is 2. The number of pyridine rings is 1. The van der Waals surface area contributed by atoms with Crippen LogP contribution in [-0.2, 0) is 4.79 Å². The molecule has 1 amide bonds. The van der Waals surface area contributed by atoms with Gasteiger partial charge in [0.25, 0.3) is 0 Å². The van der Waals surface area contributed by atoms with Gasteiger partial charge in [-0.25, -0.2) is 4.98 Å². The fraction of sp³-hybridized carbons (Fsp3) is 0. The summed E-state index contributed by atoms with van der Waals surface area (Å²) in [5, 5.41) is 3.03. The molecule has 2 aromatic heterocycles. The average molecular weight is 313 g/mol. The van der Waals surface area contributed by atoms with Gasteiger partial charge in [0, 0.05) is 28.9 Å². The molecule has 0 atom stereocenters. The van der Waals surface area contributed by atoms with Crippen LogP contribution < -0.4 is 5.73 Å². The maximum atomic E-state index is 12.1. The van der Waals surface area contributed by atoms with E-state index < -0.39 is 5.91 Å². The maximum Gasteiger partial charge on any atom is 0.249 e. The van der Waals surface area contributed by atoms with Crippen LogP contribution in [0.3, 0.4) is 0 Å². The van der Waals surface area contributed by atoms with E-state index in [-0.39, 0.29) is 0 Å². The van der Waals surface area contributed by atoms with E-state index in [1.165, 1.54) is 0 Å². The number of aromatic nitrogens is 2. The van der Waals surface area contributed by atoms with Gasteiger partial charge in [-0.2, -0.15) is 0 Å². The summed E-state index contributed by atoms with van der Waals surface area (Å²) in [5.41, 5.74) is 8.67. The van der Waals surface area contributed by atoms with Gasteiger partial charge in [-0.3, -0.25) is 4.79 Å². The number of amides is 1. The molecule has 0 aliphatic carbocycles. The van der Waals surface area contributed by atoms with Crippen molar-refractivity contribution in [3.05, 3.63) is 78.1 Å². The number of hydrogen-bond donors (Lipinski definition) is 2. The van der Waals surface area contributed by atoms with Crippen molar-refractivity contribution in [2.75, 3.05) is 0 Å². The Morgan fingerprint density at radius 3 is 2.67 bits per heavy atom. The number of rotatable bonds is 3. The summed E-state index contributed by atoms with van der Waals surface area (Å²) < 4.78 is 0. The van der Waals surface area contributed by atoms with E-state index in [0.717, 1.165) is 32.9 Å². The number of H-pyrrole nitrogens is 1. The predicted octanol–water partition coefficient (Wildman–Crippen LogP) is 3.74. The minimum absolute atomic E-state index is 0.454. The second-order valence-corrected chi connectivity index (χ2v) is 5.59. The topological polar surface area (TPSA) is 71.8 Å². The average Bonchev–Trinajstić information content (AvgIpc) is 3.02. The minimum Gasteiger partial charge on any atom is -0.366 e. The van der Waals surface area contributed by atoms with Crippen LogP contribution in [0.1, 0.15) is 11.1 Å². The third-order valence-electron chi connectivity index (χ3n) is 4.13. The van der Waals surface area contributed by atoms with Crippen LogP contribution in [0, 0.1) is 0 Å². The lowest BCUT2D eigenvalue weighted by Crippen LogP contribution is -2.13. The molecule has 116 valence electrons. The molecule has 0 spiro atoms. The van der Waals surface area contributed by atoms with E-state index in [0.29, 0.717) is 5.57 Å². The van der Waals surface area contributed by atoms with E-state index in [1.54, 1.807) is 6.20 Å². The molecule has 2 heterocycles. The Morgan fingerprint density at radius 2 is 1.79 bits per heavy atom. The number of fused-ring (bicyclic) bond motifs is 2. The van der Waals surface area contributed by atoms with E-state index in [1.807, 2.05) is 66.9 Å². The van der Waals surface area contributed by atoms with Crippen molar-refractivity contribution in [2.24, 2.45) is 5.73 Å². The lowest BCUT2D eigenvalue weighted by Gasteiger charge is -2.08. The fourth-order valence-corrected chi connectivity index (χ4v) is 2.99. The smallest absolute Gasteiger partial charge is 0.249 e. The van der Waals surface area contributed by atoms with Crippen LogP contribution in [0.15, 0.2) is 67.0 Å². The highest BCUT2D eigenvalue weighted by atomic mass is 16.1. The highest BCUT2D eigenvalue weighted by Gasteiger charge is 2.13. The molecule has 3 N–H and O–H groups in total. The van der Waals surface area contributed by atoms with E-state index in [9.17, 15) is 4.79 Å². The lowest BCUT2D eigenvalue weighted by molar-refractivity contribution is -0.112. The standard InChI is InChI=1S/C20H15N3O/c21-19(24)18(11-14-12-23-20-16(14)9-4-10-22-20)17-8-3-6-13-5-1-2-7-15(13)17/h1-12H,(H2,21,24)(H,22,23)/b18-11-. The first-order chi connectivity index (χ1) is 11.7. The van der Waals surface area contributed by atoms with Gasteiger partial charge in [0.05, 0.1) is 0 Å². The second-order valence-electron chi connectivity index (χ2n) is 5.59. The summed E-state index contributed by atoms with van der Waals surface area (Å²) in [4.78, 5) is 19.5. The third-order valence-corrected chi connectivity index (χ3v) is 4.13. The highest BCUT2D eigenvalue weighted by Crippen LogP contribution is 2.28. The first-order valence-electron chi connectivity index (χ1n) is 7.66. The molecule has 4 heteroatoms. The van der Waals surface area contributed by atoms with Crippen LogP contribution in [0.2, 0.25) is 0 Å². The number of nitrogens with one attached hydrogen (secondary N) is 1. The first kappa shape index (κ1) is 14.2. The van der Waals surface area contributed by atoms with Crippen molar-refractivity contribution in [3.8, 4) is 0 Å². The van der Waals surface area contributed by atoms with Crippen LogP contribution >= 0.6 is 0 Å². The van der Waals surface area contributed by atoms with Crippen molar-refractivity contribution in [1.29, 1.82) is 0 Å². The van der Waals surface area contributed by atoms with Crippen molar-refractivity contribution in [3.63, 3.8) is 0 Å². The monoisotopic (exact) mass is 313 g/mol. The molecule has 0 radical (unpaired) electrons. The predicted molar refractivity (Wildman–Crippen MR) is 97.1 cm³/mol. The maximum absolute atomic E-state index is 12.1. The Kier molecular flexibility index (Phi) is 3.35. The number of carbonyl (C=O) groups excluding carboxylic acids is 1. The molecule has 4 rings (SSSR count). The molecule has 0 aliphatic rings. The van der Waals surface area contributed by atoms with Gasteiger partial charge in [0.1, 0.15) is 5.65 Å². The lowest BCUT2D eigenvalue weighted by atomic mass is 9.96. The van der Waals surface area contributed by atoms with Crippen LogP contribution in [0.25, 0.3) is 33.5 Å². The summed E-state index contributed by atoms with van der Waals surface area (Å²) >= 11 is 0. The molecule has 0 unspecified atom stereocenters. The Labute approximate surface area is 138 Å². The Bertz CT molecular complexity index is 1090. The molecular formula is C20H15N3O. The largest absolute Gasteiger partial charge is 0.366 e. The van der Waals surface area contributed by atoms with E-state index >= 15 is 0 Å². The van der Waals surface area contributed by atoms with Crippen molar-refractivity contribution in [2.45, 2.75) is 0 Å². The van der Waals surface area contributed by atoms with Gasteiger partial charge in [0.15, 0.2) is 0 Å². The van der Waals surface area contributed by atoms with Gasteiger partial charge < -0.3 is 10.7 Å². The van der Waals surface area contributed by atoms with Gasteiger partial charge in [0.2, 0.25) is 5.91 Å². The number of primary amides is 1. The second kappa shape index (κ2) is 5.66. The quantitative estimate of drug-likeness (QED) is 0.566. The number of hydrogen-bond acceptors (Lipinski definition) is 2. The van der Waals surface area contributed by atoms with Crippen molar-refractivity contribution in [1.82, 2.24) is 9.97 Å². The normalized spacial score (nSPS) is 11.9. The molecule has 0 saturated carbocycles. The number of aromatic amines is 1. The summed E-state index contributed by atoms with van der Waals surface area (Å²) in [5.74, 6) is -0.454. The van der Waals surface area contributed by atoms with E-state index in [4.69, 9.17) is 5.73 Å². The Morgan fingerprint density at radius 1 is 1.00 bits per heavy atom. The van der Waals surface area contributed by atoms with Gasteiger partial charge in [-0.05, 0) is 34.5 Å². The molecule has 0 fully saturated rings. The highest BCUT2D eigenvalue weighted by molar-refractivity contribution is 6.27. The summed E-state index contributed by atoms with van der Waals surface area (Å²) in [7, 11) is 0. The van der Waals surface area contributed by atoms with E-state index in [2.05, 4.69) is 9.97 Å². The molecule has 4 aromatic rings. The van der Waals surface area contributed by atoms with Gasteiger partial charge in [-0.15, -0.1) is 0 Å². The minimum atomic E-state index is -0.454. The summed E-state index contributed by atoms with van der Waals surface area (Å²) in [6.07, 6.45) is 5.39. The molecule has 24 heavy (non-hydrogen) atoms. The zero-order valence-electron chi connectivity index (χ0n) is 12.9. The molecular weight excluding hydrogens is 298 g/mol. The van der Waals surface area contributed by atoms with Crippen molar-refractivity contribution >= 4 is 39.4 Å². The molecule has 0 saturated heterocycles. The number of nitrogens with two attached hydrogens (primary N) is 1. The van der Waals surface area contributed by atoms with Crippen molar-refractivity contribution < 1.29 is 4.79 Å². The molecule has 0 bridgehead atoms.